The predicted octanol–water partition coefficient (Wildman–Crippen LogP) is 5.11. The van der Waals surface area contributed by atoms with E-state index in [2.05, 4.69) is 51.5 Å². The normalized spacial score (nSPS) is 13.5. The van der Waals surface area contributed by atoms with Gasteiger partial charge >= 0.3 is 0 Å². The molecule has 1 aliphatic rings. The zero-order valence-electron chi connectivity index (χ0n) is 24.0. The lowest BCUT2D eigenvalue weighted by Gasteiger charge is -2.23. The SMILES string of the molecule is COc1cc(N2CCC(=O)C2)c(-c2cnn(C)c2)cc1Nc1ncc(Br)c(Nc2ccc3nccnc3c2P(C)(C)=O)n1. The minimum Gasteiger partial charge on any atom is -0.494 e. The Morgan fingerprint density at radius 2 is 1.86 bits per heavy atom. The fraction of sp³-hybridized carbons (Fsp3) is 0.241. The topological polar surface area (TPSA) is 140 Å². The number of carbonyl (C=O) groups excluding carboxylic acids is 1. The predicted molar refractivity (Wildman–Crippen MR) is 172 cm³/mol. The van der Waals surface area contributed by atoms with Crippen molar-refractivity contribution in [2.75, 3.05) is 49.1 Å². The van der Waals surface area contributed by atoms with Gasteiger partial charge in [-0.25, -0.2) is 4.98 Å². The summed E-state index contributed by atoms with van der Waals surface area (Å²) in [6.45, 7) is 4.39. The number of hydrogen-bond donors (Lipinski definition) is 2. The van der Waals surface area contributed by atoms with E-state index in [-0.39, 0.29) is 5.78 Å². The van der Waals surface area contributed by atoms with Crippen molar-refractivity contribution in [3.05, 3.63) is 59.7 Å². The van der Waals surface area contributed by atoms with Gasteiger partial charge < -0.3 is 24.8 Å². The van der Waals surface area contributed by atoms with Gasteiger partial charge in [-0.1, -0.05) is 0 Å². The number of aromatic nitrogens is 6. The standard InChI is InChI=1S/C29H29BrN9O3P/c1-38-15-17(13-34-38)19-11-23(25(42-2)12-24(19)39-10-7-18(40)16-39)36-29-33-14-20(30)28(37-29)35-22-6-5-21-26(32-9-8-31-21)27(22)43(3,4)41/h5-6,8-9,11-15H,7,10,16H2,1-4H3,(H2,33,35,36,37). The summed E-state index contributed by atoms with van der Waals surface area (Å²) in [5.41, 5.74) is 5.18. The molecule has 0 unspecified atom stereocenters. The number of Topliss-reactive ketones (excluding diaryl/α,β-unsaturated/α-hetero) is 1. The second-order valence-corrected chi connectivity index (χ2v) is 14.6. The van der Waals surface area contributed by atoms with E-state index in [1.165, 1.54) is 0 Å². The Labute approximate surface area is 256 Å². The minimum absolute atomic E-state index is 0.200. The Morgan fingerprint density at radius 1 is 1.05 bits per heavy atom. The monoisotopic (exact) mass is 661 g/mol. The van der Waals surface area contributed by atoms with Gasteiger partial charge in [0.15, 0.2) is 5.78 Å². The van der Waals surface area contributed by atoms with Gasteiger partial charge in [0.1, 0.15) is 24.2 Å². The number of ketones is 1. The highest BCUT2D eigenvalue weighted by Gasteiger charge is 2.25. The molecule has 0 saturated carbocycles. The van der Waals surface area contributed by atoms with Crippen molar-refractivity contribution in [1.29, 1.82) is 0 Å². The number of benzene rings is 2. The summed E-state index contributed by atoms with van der Waals surface area (Å²) in [6, 6.07) is 7.54. The first-order valence-electron chi connectivity index (χ1n) is 13.4. The van der Waals surface area contributed by atoms with Crippen LogP contribution in [0.5, 0.6) is 5.75 Å². The third-order valence-electron chi connectivity index (χ3n) is 7.10. The molecule has 0 aliphatic carbocycles. The maximum atomic E-state index is 13.4. The molecule has 0 radical (unpaired) electrons. The van der Waals surface area contributed by atoms with Gasteiger partial charge in [0.05, 0.1) is 46.5 Å². The van der Waals surface area contributed by atoms with Crippen LogP contribution >= 0.6 is 23.1 Å². The Kier molecular flexibility index (Phi) is 7.61. The first-order chi connectivity index (χ1) is 20.6. The van der Waals surface area contributed by atoms with Gasteiger partial charge in [-0.05, 0) is 47.5 Å². The lowest BCUT2D eigenvalue weighted by atomic mass is 10.0. The first kappa shape index (κ1) is 28.8. The van der Waals surface area contributed by atoms with Gasteiger partial charge in [0, 0.05) is 67.7 Å². The van der Waals surface area contributed by atoms with E-state index < -0.39 is 7.14 Å². The molecule has 43 heavy (non-hydrogen) atoms. The van der Waals surface area contributed by atoms with Gasteiger partial charge in [-0.2, -0.15) is 10.1 Å². The third kappa shape index (κ3) is 5.82. The van der Waals surface area contributed by atoms with Crippen molar-refractivity contribution in [3.8, 4) is 16.9 Å². The largest absolute Gasteiger partial charge is 0.494 e. The summed E-state index contributed by atoms with van der Waals surface area (Å²) in [5, 5.41) is 11.6. The van der Waals surface area contributed by atoms with Gasteiger partial charge in [0.2, 0.25) is 5.95 Å². The molecule has 6 rings (SSSR count). The number of nitrogens with zero attached hydrogens (tertiary/aromatic N) is 7. The zero-order chi connectivity index (χ0) is 30.3. The molecule has 1 fully saturated rings. The molecule has 1 aliphatic heterocycles. The fourth-order valence-corrected chi connectivity index (χ4v) is 6.84. The lowest BCUT2D eigenvalue weighted by Crippen LogP contribution is -2.20. The number of aryl methyl sites for hydroxylation is 1. The molecule has 0 atom stereocenters. The highest BCUT2D eigenvalue weighted by Crippen LogP contribution is 2.43. The van der Waals surface area contributed by atoms with E-state index >= 15 is 0 Å². The average Bonchev–Trinajstić information content (AvgIpc) is 3.61. The Balaban J connectivity index is 1.39. The van der Waals surface area contributed by atoms with Gasteiger partial charge in [-0.3, -0.25) is 19.4 Å². The van der Waals surface area contributed by atoms with Crippen molar-refractivity contribution in [3.63, 3.8) is 0 Å². The molecule has 14 heteroatoms. The third-order valence-corrected chi connectivity index (χ3v) is 9.21. The molecule has 5 aromatic rings. The minimum atomic E-state index is -2.77. The number of carbonyl (C=O) groups is 1. The summed E-state index contributed by atoms with van der Waals surface area (Å²) in [4.78, 5) is 32.2. The van der Waals surface area contributed by atoms with Crippen LogP contribution in [0.3, 0.4) is 0 Å². The maximum absolute atomic E-state index is 13.4. The first-order valence-corrected chi connectivity index (χ1v) is 16.8. The van der Waals surface area contributed by atoms with Gasteiger partial charge in [0.25, 0.3) is 0 Å². The molecule has 3 aromatic heterocycles. The number of ether oxygens (including phenoxy) is 1. The molecule has 2 aromatic carbocycles. The Morgan fingerprint density at radius 3 is 2.56 bits per heavy atom. The molecule has 0 bridgehead atoms. The van der Waals surface area contributed by atoms with Crippen molar-refractivity contribution < 1.29 is 14.1 Å². The van der Waals surface area contributed by atoms with Crippen LogP contribution in [0, 0.1) is 0 Å². The van der Waals surface area contributed by atoms with Crippen molar-refractivity contribution >= 4 is 74.0 Å². The van der Waals surface area contributed by atoms with Crippen LogP contribution in [0.2, 0.25) is 0 Å². The number of anilines is 5. The summed E-state index contributed by atoms with van der Waals surface area (Å²) >= 11 is 3.54. The van der Waals surface area contributed by atoms with Gasteiger partial charge in [-0.15, -0.1) is 0 Å². The summed E-state index contributed by atoms with van der Waals surface area (Å²) < 4.78 is 21.5. The molecule has 0 amide bonds. The van der Waals surface area contributed by atoms with Crippen molar-refractivity contribution in [2.24, 2.45) is 7.05 Å². The number of methoxy groups -OCH3 is 1. The molecular formula is C29H29BrN9O3P. The van der Waals surface area contributed by atoms with E-state index in [1.807, 2.05) is 37.5 Å². The summed E-state index contributed by atoms with van der Waals surface area (Å²) in [6.07, 6.45) is 9.06. The zero-order valence-corrected chi connectivity index (χ0v) is 26.5. The molecular weight excluding hydrogens is 633 g/mol. The molecule has 4 heterocycles. The molecule has 1 saturated heterocycles. The van der Waals surface area contributed by atoms with Crippen LogP contribution in [-0.4, -0.2) is 69.0 Å². The molecule has 0 spiro atoms. The lowest BCUT2D eigenvalue weighted by molar-refractivity contribution is -0.116. The van der Waals surface area contributed by atoms with Crippen molar-refractivity contribution in [2.45, 2.75) is 6.42 Å². The van der Waals surface area contributed by atoms with Crippen LogP contribution in [0.15, 0.2) is 59.7 Å². The molecule has 220 valence electrons. The average molecular weight is 662 g/mol. The van der Waals surface area contributed by atoms with Crippen LogP contribution in [0.1, 0.15) is 6.42 Å². The fourth-order valence-electron chi connectivity index (χ4n) is 5.16. The van der Waals surface area contributed by atoms with Crippen LogP contribution in [0.4, 0.5) is 28.8 Å². The Hall–Kier alpha value is -4.35. The van der Waals surface area contributed by atoms with Crippen LogP contribution in [-0.2, 0) is 16.4 Å². The highest BCUT2D eigenvalue weighted by atomic mass is 79.9. The van der Waals surface area contributed by atoms with E-state index in [0.717, 1.165) is 16.8 Å². The Bertz CT molecular complexity index is 1920. The second kappa shape index (κ2) is 11.4. The van der Waals surface area contributed by atoms with E-state index in [0.29, 0.717) is 69.2 Å². The quantitative estimate of drug-likeness (QED) is 0.215. The van der Waals surface area contributed by atoms with Crippen LogP contribution in [0.25, 0.3) is 22.2 Å². The maximum Gasteiger partial charge on any atom is 0.229 e. The number of fused-ring (bicyclic) bond motifs is 1. The highest BCUT2D eigenvalue weighted by molar-refractivity contribution is 9.10. The van der Waals surface area contributed by atoms with E-state index in [4.69, 9.17) is 9.72 Å². The number of rotatable bonds is 8. The van der Waals surface area contributed by atoms with E-state index in [1.54, 1.807) is 49.9 Å². The summed E-state index contributed by atoms with van der Waals surface area (Å²) in [5.74, 6) is 1.54. The van der Waals surface area contributed by atoms with Crippen LogP contribution < -0.4 is 25.6 Å². The van der Waals surface area contributed by atoms with E-state index in [9.17, 15) is 9.36 Å². The number of nitrogens with one attached hydrogen (secondary N) is 2. The second-order valence-electron chi connectivity index (χ2n) is 10.6. The number of halogens is 1. The number of hydrogen-bond acceptors (Lipinski definition) is 11. The molecule has 2 N–H and O–H groups in total. The molecule has 12 nitrogen and oxygen atoms in total. The summed E-state index contributed by atoms with van der Waals surface area (Å²) in [7, 11) is 0.684. The smallest absolute Gasteiger partial charge is 0.229 e. The van der Waals surface area contributed by atoms with Crippen molar-refractivity contribution in [1.82, 2.24) is 29.7 Å².